The molecular formula is C31H28N4O3. The molecule has 1 aliphatic rings. The lowest BCUT2D eigenvalue weighted by Crippen LogP contribution is -2.22. The van der Waals surface area contributed by atoms with Gasteiger partial charge in [-0.25, -0.2) is 0 Å². The number of carbonyl (C=O) groups excluding carboxylic acids is 2. The molecule has 0 unspecified atom stereocenters. The number of fused-ring (bicyclic) bond motifs is 2. The van der Waals surface area contributed by atoms with Crippen molar-refractivity contribution in [1.29, 1.82) is 0 Å². The van der Waals surface area contributed by atoms with Gasteiger partial charge in [0.05, 0.1) is 16.7 Å². The summed E-state index contributed by atoms with van der Waals surface area (Å²) < 4.78 is 8.44. The number of carbonyl (C=O) groups is 2. The molecule has 5 aromatic rings. The van der Waals surface area contributed by atoms with Gasteiger partial charge in [-0.3, -0.25) is 14.9 Å². The molecule has 0 bridgehead atoms. The van der Waals surface area contributed by atoms with Crippen LogP contribution in [0.1, 0.15) is 16.7 Å². The van der Waals surface area contributed by atoms with E-state index in [0.29, 0.717) is 35.4 Å². The molecule has 0 fully saturated rings. The lowest BCUT2D eigenvalue weighted by molar-refractivity contribution is -0.122. The summed E-state index contributed by atoms with van der Waals surface area (Å²) in [4.78, 5) is 31.8. The minimum atomic E-state index is -0.391. The number of ether oxygens (including phenoxy) is 1. The number of rotatable bonds is 8. The molecule has 0 aliphatic carbocycles. The maximum absolute atomic E-state index is 13.3. The lowest BCUT2D eigenvalue weighted by Gasteiger charge is -2.14. The van der Waals surface area contributed by atoms with E-state index in [1.165, 1.54) is 0 Å². The number of hydrogen-bond acceptors (Lipinski definition) is 4. The average Bonchev–Trinajstić information content (AvgIpc) is 3.59. The number of nitrogens with zero attached hydrogens (tertiary/aromatic N) is 2. The minimum Gasteiger partial charge on any atom is -0.487 e. The predicted molar refractivity (Wildman–Crippen MR) is 150 cm³/mol. The first kappa shape index (κ1) is 23.8. The van der Waals surface area contributed by atoms with E-state index in [1.54, 1.807) is 6.20 Å². The molecule has 2 aromatic heterocycles. The fourth-order valence-electron chi connectivity index (χ4n) is 5.11. The van der Waals surface area contributed by atoms with Crippen molar-refractivity contribution in [1.82, 2.24) is 19.8 Å². The van der Waals surface area contributed by atoms with Crippen molar-refractivity contribution >= 4 is 44.8 Å². The van der Waals surface area contributed by atoms with E-state index in [0.717, 1.165) is 39.7 Å². The molecule has 0 atom stereocenters. The van der Waals surface area contributed by atoms with Gasteiger partial charge in [-0.05, 0) is 31.8 Å². The number of nitrogens with one attached hydrogen (secondary N) is 2. The number of aromatic amines is 1. The van der Waals surface area contributed by atoms with Crippen molar-refractivity contribution < 1.29 is 14.3 Å². The zero-order valence-corrected chi connectivity index (χ0v) is 21.3. The van der Waals surface area contributed by atoms with Crippen LogP contribution >= 0.6 is 0 Å². The highest BCUT2D eigenvalue weighted by atomic mass is 16.5. The van der Waals surface area contributed by atoms with Crippen molar-refractivity contribution in [3.63, 3.8) is 0 Å². The average molecular weight is 505 g/mol. The summed E-state index contributed by atoms with van der Waals surface area (Å²) in [5, 5.41) is 4.30. The molecule has 1 aliphatic heterocycles. The van der Waals surface area contributed by atoms with Crippen molar-refractivity contribution in [2.45, 2.75) is 13.2 Å². The quantitative estimate of drug-likeness (QED) is 0.297. The first-order valence-corrected chi connectivity index (χ1v) is 12.6. The Morgan fingerprint density at radius 3 is 2.32 bits per heavy atom. The fraction of sp³-hybridized carbons (Fsp3) is 0.161. The van der Waals surface area contributed by atoms with Gasteiger partial charge in [0.2, 0.25) is 0 Å². The van der Waals surface area contributed by atoms with Gasteiger partial charge in [-0.2, -0.15) is 0 Å². The van der Waals surface area contributed by atoms with Crippen LogP contribution in [0.2, 0.25) is 0 Å². The van der Waals surface area contributed by atoms with Crippen molar-refractivity contribution in [2.75, 3.05) is 20.6 Å². The molecule has 0 saturated carbocycles. The summed E-state index contributed by atoms with van der Waals surface area (Å²) in [6.07, 6.45) is 3.78. The highest BCUT2D eigenvalue weighted by Gasteiger charge is 2.35. The van der Waals surface area contributed by atoms with Crippen molar-refractivity contribution in [2.24, 2.45) is 0 Å². The third-order valence-electron chi connectivity index (χ3n) is 6.95. The van der Waals surface area contributed by atoms with E-state index in [1.807, 2.05) is 93.1 Å². The number of likely N-dealkylation sites (N-methyl/N-ethyl adjacent to an activating group) is 1. The summed E-state index contributed by atoms with van der Waals surface area (Å²) >= 11 is 0. The minimum absolute atomic E-state index is 0.383. The molecule has 3 heterocycles. The van der Waals surface area contributed by atoms with Gasteiger partial charge in [0.15, 0.2) is 0 Å². The van der Waals surface area contributed by atoms with Crippen molar-refractivity contribution in [3.05, 3.63) is 102 Å². The Kier molecular flexibility index (Phi) is 6.05. The number of para-hydroxylation sites is 2. The Morgan fingerprint density at radius 2 is 1.53 bits per heavy atom. The summed E-state index contributed by atoms with van der Waals surface area (Å²) in [7, 11) is 4.06. The second kappa shape index (κ2) is 9.68. The molecule has 190 valence electrons. The van der Waals surface area contributed by atoms with Gasteiger partial charge >= 0.3 is 0 Å². The van der Waals surface area contributed by atoms with Gasteiger partial charge in [0, 0.05) is 52.9 Å². The van der Waals surface area contributed by atoms with Gasteiger partial charge < -0.3 is 19.2 Å². The van der Waals surface area contributed by atoms with Crippen LogP contribution in [0.15, 0.2) is 85.2 Å². The number of aromatic nitrogens is 2. The van der Waals surface area contributed by atoms with Crippen LogP contribution in [0.3, 0.4) is 0 Å². The molecule has 6 rings (SSSR count). The second-order valence-electron chi connectivity index (χ2n) is 9.75. The molecule has 0 radical (unpaired) electrons. The monoisotopic (exact) mass is 504 g/mol. The number of H-pyrrole nitrogens is 1. The fourth-order valence-corrected chi connectivity index (χ4v) is 5.11. The van der Waals surface area contributed by atoms with E-state index in [4.69, 9.17) is 4.74 Å². The first-order chi connectivity index (χ1) is 18.5. The van der Waals surface area contributed by atoms with Crippen LogP contribution in [-0.2, 0) is 22.7 Å². The molecule has 3 aromatic carbocycles. The summed E-state index contributed by atoms with van der Waals surface area (Å²) in [5.41, 5.74) is 5.08. The van der Waals surface area contributed by atoms with Gasteiger partial charge in [-0.15, -0.1) is 0 Å². The third-order valence-corrected chi connectivity index (χ3v) is 6.95. The topological polar surface area (TPSA) is 79.4 Å². The summed E-state index contributed by atoms with van der Waals surface area (Å²) in [6, 6.07) is 23.7. The SMILES string of the molecule is CN(C)CCn1cc(C2=C(c3c[nH]c4ccccc34)C(=O)NC2=O)c2cccc(OCc3ccccc3)c21. The van der Waals surface area contributed by atoms with E-state index in [9.17, 15) is 9.59 Å². The molecule has 7 heteroatoms. The Labute approximate surface area is 220 Å². The van der Waals surface area contributed by atoms with Crippen LogP contribution in [0.4, 0.5) is 0 Å². The highest BCUT2D eigenvalue weighted by molar-refractivity contribution is 6.50. The largest absolute Gasteiger partial charge is 0.487 e. The Hall–Kier alpha value is -4.62. The first-order valence-electron chi connectivity index (χ1n) is 12.6. The summed E-state index contributed by atoms with van der Waals surface area (Å²) in [5.74, 6) is -0.0479. The van der Waals surface area contributed by atoms with E-state index >= 15 is 0 Å². The molecule has 0 spiro atoms. The van der Waals surface area contributed by atoms with Crippen molar-refractivity contribution in [3.8, 4) is 5.75 Å². The van der Waals surface area contributed by atoms with Gasteiger partial charge in [0.1, 0.15) is 12.4 Å². The normalized spacial score (nSPS) is 13.8. The zero-order chi connectivity index (χ0) is 26.2. The molecular weight excluding hydrogens is 476 g/mol. The highest BCUT2D eigenvalue weighted by Crippen LogP contribution is 2.40. The maximum atomic E-state index is 13.3. The lowest BCUT2D eigenvalue weighted by atomic mass is 9.95. The Morgan fingerprint density at radius 1 is 0.816 bits per heavy atom. The van der Waals surface area contributed by atoms with Crippen LogP contribution in [0, 0.1) is 0 Å². The zero-order valence-electron chi connectivity index (χ0n) is 21.3. The van der Waals surface area contributed by atoms with Crippen LogP contribution in [0.25, 0.3) is 33.0 Å². The standard InChI is InChI=1S/C31H28N4O3/c1-34(2)15-16-35-18-24(22-12-8-14-26(29(22)35)38-19-20-9-4-3-5-10-20)28-27(30(36)33-31(28)37)23-17-32-25-13-7-6-11-21(23)25/h3-14,17-18,32H,15-16,19H2,1-2H3,(H,33,36,37). The van der Waals surface area contributed by atoms with Gasteiger partial charge in [-0.1, -0.05) is 60.7 Å². The molecule has 38 heavy (non-hydrogen) atoms. The van der Waals surface area contributed by atoms with E-state index in [-0.39, 0.29) is 5.91 Å². The predicted octanol–water partition coefficient (Wildman–Crippen LogP) is 4.83. The third kappa shape index (κ3) is 4.17. The van der Waals surface area contributed by atoms with Gasteiger partial charge in [0.25, 0.3) is 11.8 Å². The second-order valence-corrected chi connectivity index (χ2v) is 9.75. The smallest absolute Gasteiger partial charge is 0.259 e. The van der Waals surface area contributed by atoms with E-state index < -0.39 is 5.91 Å². The maximum Gasteiger partial charge on any atom is 0.259 e. The van der Waals surface area contributed by atoms with E-state index in [2.05, 4.69) is 19.8 Å². The van der Waals surface area contributed by atoms with Crippen LogP contribution in [0.5, 0.6) is 5.75 Å². The Balaban J connectivity index is 1.53. The molecule has 7 nitrogen and oxygen atoms in total. The van der Waals surface area contributed by atoms with Crippen LogP contribution in [-0.4, -0.2) is 46.9 Å². The number of benzene rings is 3. The number of amides is 2. The van der Waals surface area contributed by atoms with Crippen LogP contribution < -0.4 is 10.1 Å². The molecule has 2 N–H and O–H groups in total. The summed E-state index contributed by atoms with van der Waals surface area (Å²) in [6.45, 7) is 1.92. The molecule has 0 saturated heterocycles. The molecule has 2 amide bonds. The Bertz CT molecular complexity index is 1710. The number of hydrogen-bond donors (Lipinski definition) is 2. The number of imide groups is 1.